The van der Waals surface area contributed by atoms with Gasteiger partial charge in [0, 0.05) is 6.54 Å². The van der Waals surface area contributed by atoms with E-state index in [9.17, 15) is 8.42 Å². The molecule has 1 rings (SSSR count). The van der Waals surface area contributed by atoms with Crippen molar-refractivity contribution in [2.24, 2.45) is 0 Å². The van der Waals surface area contributed by atoms with E-state index in [0.29, 0.717) is 11.4 Å². The molecule has 5 nitrogen and oxygen atoms in total. The zero-order valence-corrected chi connectivity index (χ0v) is 10.2. The molecule has 1 atom stereocenters. The summed E-state index contributed by atoms with van der Waals surface area (Å²) in [6.07, 6.45) is 1.23. The standard InChI is InChI=1S/C8H14N2O3S2/c1-6(11)3-4-10-15(12,13)8-5-9-7(2)14-8/h5-6,10-11H,3-4H2,1-2H3. The number of aliphatic hydroxyl groups excluding tert-OH is 1. The number of hydrogen-bond acceptors (Lipinski definition) is 5. The minimum Gasteiger partial charge on any atom is -0.393 e. The van der Waals surface area contributed by atoms with E-state index in [1.54, 1.807) is 13.8 Å². The van der Waals surface area contributed by atoms with Crippen LogP contribution in [0.2, 0.25) is 0 Å². The average molecular weight is 250 g/mol. The first-order valence-electron chi connectivity index (χ1n) is 4.52. The second kappa shape index (κ2) is 5.02. The van der Waals surface area contributed by atoms with Crippen LogP contribution in [0.3, 0.4) is 0 Å². The second-order valence-corrected chi connectivity index (χ2v) is 6.46. The fraction of sp³-hybridized carbons (Fsp3) is 0.625. The van der Waals surface area contributed by atoms with Crippen molar-refractivity contribution in [3.63, 3.8) is 0 Å². The third-order valence-corrected chi connectivity index (χ3v) is 4.55. The van der Waals surface area contributed by atoms with Crippen molar-refractivity contribution < 1.29 is 13.5 Å². The molecule has 1 aromatic rings. The highest BCUT2D eigenvalue weighted by Gasteiger charge is 2.16. The van der Waals surface area contributed by atoms with Gasteiger partial charge in [-0.25, -0.2) is 18.1 Å². The van der Waals surface area contributed by atoms with E-state index in [4.69, 9.17) is 5.11 Å². The lowest BCUT2D eigenvalue weighted by Gasteiger charge is -2.05. The van der Waals surface area contributed by atoms with Crippen molar-refractivity contribution in [1.29, 1.82) is 0 Å². The topological polar surface area (TPSA) is 79.3 Å². The molecule has 1 aromatic heterocycles. The maximum Gasteiger partial charge on any atom is 0.251 e. The molecular formula is C8H14N2O3S2. The Morgan fingerprint density at radius 3 is 2.80 bits per heavy atom. The molecule has 0 spiro atoms. The lowest BCUT2D eigenvalue weighted by atomic mass is 10.3. The molecule has 1 heterocycles. The summed E-state index contributed by atoms with van der Waals surface area (Å²) in [4.78, 5) is 3.88. The number of aryl methyl sites for hydroxylation is 1. The summed E-state index contributed by atoms with van der Waals surface area (Å²) in [7, 11) is -3.44. The predicted octanol–water partition coefficient (Wildman–Crippen LogP) is 0.501. The van der Waals surface area contributed by atoms with Gasteiger partial charge in [0.1, 0.15) is 0 Å². The van der Waals surface area contributed by atoms with E-state index in [0.717, 1.165) is 11.3 Å². The monoisotopic (exact) mass is 250 g/mol. The van der Waals surface area contributed by atoms with Gasteiger partial charge in [-0.05, 0) is 20.3 Å². The maximum atomic E-state index is 11.6. The number of thiazole rings is 1. The van der Waals surface area contributed by atoms with Gasteiger partial charge in [-0.1, -0.05) is 0 Å². The summed E-state index contributed by atoms with van der Waals surface area (Å²) >= 11 is 1.13. The minimum absolute atomic E-state index is 0.214. The molecule has 0 bridgehead atoms. The van der Waals surface area contributed by atoms with Crippen LogP contribution in [0.1, 0.15) is 18.4 Å². The summed E-state index contributed by atoms with van der Waals surface area (Å²) in [5, 5.41) is 9.69. The number of aliphatic hydroxyl groups is 1. The fourth-order valence-corrected chi connectivity index (χ4v) is 3.14. The van der Waals surface area contributed by atoms with Gasteiger partial charge in [0.15, 0.2) is 4.21 Å². The van der Waals surface area contributed by atoms with Crippen LogP contribution in [-0.2, 0) is 10.0 Å². The first-order valence-corrected chi connectivity index (χ1v) is 6.82. The van der Waals surface area contributed by atoms with Gasteiger partial charge in [0.2, 0.25) is 0 Å². The van der Waals surface area contributed by atoms with Crippen LogP contribution < -0.4 is 4.72 Å². The van der Waals surface area contributed by atoms with Gasteiger partial charge in [-0.15, -0.1) is 11.3 Å². The van der Waals surface area contributed by atoms with Crippen molar-refractivity contribution in [3.8, 4) is 0 Å². The summed E-state index contributed by atoms with van der Waals surface area (Å²) in [6, 6.07) is 0. The highest BCUT2D eigenvalue weighted by atomic mass is 32.2. The van der Waals surface area contributed by atoms with Crippen LogP contribution >= 0.6 is 11.3 Å². The first kappa shape index (κ1) is 12.6. The number of hydrogen-bond donors (Lipinski definition) is 2. The molecule has 86 valence electrons. The van der Waals surface area contributed by atoms with Crippen LogP contribution in [0.4, 0.5) is 0 Å². The van der Waals surface area contributed by atoms with E-state index >= 15 is 0 Å². The zero-order chi connectivity index (χ0) is 11.5. The first-order chi connectivity index (χ1) is 6.92. The molecule has 0 aromatic carbocycles. The van der Waals surface area contributed by atoms with Crippen LogP contribution in [0, 0.1) is 6.92 Å². The molecule has 0 fully saturated rings. The smallest absolute Gasteiger partial charge is 0.251 e. The summed E-state index contributed by atoms with van der Waals surface area (Å²) in [5.41, 5.74) is 0. The molecule has 2 N–H and O–H groups in total. The van der Waals surface area contributed by atoms with Gasteiger partial charge in [-0.3, -0.25) is 0 Å². The Morgan fingerprint density at radius 1 is 1.67 bits per heavy atom. The molecule has 0 amide bonds. The molecule has 1 unspecified atom stereocenters. The second-order valence-electron chi connectivity index (χ2n) is 3.23. The average Bonchev–Trinajstić information content (AvgIpc) is 2.51. The summed E-state index contributed by atoms with van der Waals surface area (Å²) < 4.78 is 25.8. The fourth-order valence-electron chi connectivity index (χ4n) is 0.939. The van der Waals surface area contributed by atoms with E-state index in [2.05, 4.69) is 9.71 Å². The predicted molar refractivity (Wildman–Crippen MR) is 58.3 cm³/mol. The molecule has 0 radical (unpaired) electrons. The lowest BCUT2D eigenvalue weighted by molar-refractivity contribution is 0.186. The molecule has 15 heavy (non-hydrogen) atoms. The summed E-state index contributed by atoms with van der Waals surface area (Å²) in [6.45, 7) is 3.60. The van der Waals surface area contributed by atoms with Gasteiger partial charge in [0.25, 0.3) is 10.0 Å². The Labute approximate surface area is 93.2 Å². The van der Waals surface area contributed by atoms with E-state index in [1.807, 2.05) is 0 Å². The van der Waals surface area contributed by atoms with E-state index < -0.39 is 16.1 Å². The molecule has 0 saturated carbocycles. The van der Waals surface area contributed by atoms with Crippen LogP contribution in [0.15, 0.2) is 10.4 Å². The van der Waals surface area contributed by atoms with Crippen molar-refractivity contribution >= 4 is 21.4 Å². The highest BCUT2D eigenvalue weighted by Crippen LogP contribution is 2.17. The molecule has 0 saturated heterocycles. The SMILES string of the molecule is Cc1ncc(S(=O)(=O)NCCC(C)O)s1. The number of sulfonamides is 1. The normalized spacial score (nSPS) is 14.1. The Hall–Kier alpha value is -0.500. The molecular weight excluding hydrogens is 236 g/mol. The van der Waals surface area contributed by atoms with Crippen LogP contribution in [0.25, 0.3) is 0 Å². The third-order valence-electron chi connectivity index (χ3n) is 1.72. The van der Waals surface area contributed by atoms with Crippen molar-refractivity contribution in [1.82, 2.24) is 9.71 Å². The van der Waals surface area contributed by atoms with Gasteiger partial charge in [0.05, 0.1) is 17.3 Å². The van der Waals surface area contributed by atoms with Gasteiger partial charge in [-0.2, -0.15) is 0 Å². The summed E-state index contributed by atoms with van der Waals surface area (Å²) in [5.74, 6) is 0. The molecule has 7 heteroatoms. The largest absolute Gasteiger partial charge is 0.393 e. The van der Waals surface area contributed by atoms with Gasteiger partial charge < -0.3 is 5.11 Å². The Balaban J connectivity index is 2.60. The number of rotatable bonds is 5. The number of nitrogens with zero attached hydrogens (tertiary/aromatic N) is 1. The molecule has 0 aliphatic rings. The zero-order valence-electron chi connectivity index (χ0n) is 8.60. The van der Waals surface area contributed by atoms with Crippen LogP contribution in [0.5, 0.6) is 0 Å². The maximum absolute atomic E-state index is 11.6. The quantitative estimate of drug-likeness (QED) is 0.797. The Morgan fingerprint density at radius 2 is 2.33 bits per heavy atom. The third kappa shape index (κ3) is 3.86. The van der Waals surface area contributed by atoms with E-state index in [1.165, 1.54) is 6.20 Å². The van der Waals surface area contributed by atoms with Crippen molar-refractivity contribution in [2.45, 2.75) is 30.6 Å². The number of nitrogens with one attached hydrogen (secondary N) is 1. The van der Waals surface area contributed by atoms with Gasteiger partial charge >= 0.3 is 0 Å². The molecule has 0 aliphatic carbocycles. The van der Waals surface area contributed by atoms with Crippen molar-refractivity contribution in [2.75, 3.05) is 6.54 Å². The Bertz CT molecular complexity index is 411. The lowest BCUT2D eigenvalue weighted by Crippen LogP contribution is -2.26. The Kier molecular flexibility index (Phi) is 4.21. The van der Waals surface area contributed by atoms with E-state index in [-0.39, 0.29) is 10.8 Å². The van der Waals surface area contributed by atoms with Crippen LogP contribution in [-0.4, -0.2) is 31.2 Å². The highest BCUT2D eigenvalue weighted by molar-refractivity contribution is 7.91. The number of aromatic nitrogens is 1. The molecule has 0 aliphatic heterocycles. The minimum atomic E-state index is -3.44. The van der Waals surface area contributed by atoms with Crippen molar-refractivity contribution in [3.05, 3.63) is 11.2 Å².